The van der Waals surface area contributed by atoms with E-state index in [1.807, 2.05) is 24.3 Å². The molecule has 5 nitrogen and oxygen atoms in total. The van der Waals surface area contributed by atoms with Crippen molar-refractivity contribution in [2.45, 2.75) is 37.6 Å². The van der Waals surface area contributed by atoms with Crippen molar-refractivity contribution in [1.82, 2.24) is 4.72 Å². The number of piperidine rings is 1. The molecule has 0 bridgehead atoms. The Morgan fingerprint density at radius 1 is 1.07 bits per heavy atom. The van der Waals surface area contributed by atoms with Crippen LogP contribution in [0.15, 0.2) is 53.4 Å². The SMILES string of the molecule is CC1CCN(c2ccccc2CNS(=O)(=O)c2ccc(OC(F)(F)F)cc2)CC1. The fourth-order valence-corrected chi connectivity index (χ4v) is 4.30. The number of halogens is 3. The van der Waals surface area contributed by atoms with Gasteiger partial charge in [0.1, 0.15) is 5.75 Å². The van der Waals surface area contributed by atoms with Gasteiger partial charge in [0.2, 0.25) is 10.0 Å². The summed E-state index contributed by atoms with van der Waals surface area (Å²) < 4.78 is 68.1. The highest BCUT2D eigenvalue weighted by Gasteiger charge is 2.31. The zero-order valence-electron chi connectivity index (χ0n) is 15.9. The van der Waals surface area contributed by atoms with E-state index >= 15 is 0 Å². The molecule has 1 aliphatic heterocycles. The van der Waals surface area contributed by atoms with Crippen molar-refractivity contribution in [2.75, 3.05) is 18.0 Å². The van der Waals surface area contributed by atoms with Crippen molar-refractivity contribution in [2.24, 2.45) is 5.92 Å². The molecule has 2 aromatic rings. The van der Waals surface area contributed by atoms with Crippen molar-refractivity contribution in [3.63, 3.8) is 0 Å². The molecule has 2 aromatic carbocycles. The van der Waals surface area contributed by atoms with Crippen molar-refractivity contribution in [1.29, 1.82) is 0 Å². The number of sulfonamides is 1. The highest BCUT2D eigenvalue weighted by atomic mass is 32.2. The largest absolute Gasteiger partial charge is 0.573 e. The molecule has 0 spiro atoms. The van der Waals surface area contributed by atoms with Crippen molar-refractivity contribution in [3.8, 4) is 5.75 Å². The third-order valence-corrected chi connectivity index (χ3v) is 6.35. The predicted molar refractivity (Wildman–Crippen MR) is 104 cm³/mol. The Hall–Kier alpha value is -2.26. The van der Waals surface area contributed by atoms with Gasteiger partial charge in [-0.25, -0.2) is 13.1 Å². The Morgan fingerprint density at radius 3 is 2.31 bits per heavy atom. The predicted octanol–water partition coefficient (Wildman–Crippen LogP) is 4.30. The van der Waals surface area contributed by atoms with Gasteiger partial charge < -0.3 is 9.64 Å². The lowest BCUT2D eigenvalue weighted by Crippen LogP contribution is -2.34. The first-order valence-corrected chi connectivity index (χ1v) is 10.8. The van der Waals surface area contributed by atoms with Crippen LogP contribution in [0.1, 0.15) is 25.3 Å². The van der Waals surface area contributed by atoms with E-state index in [2.05, 4.69) is 21.3 Å². The lowest BCUT2D eigenvalue weighted by molar-refractivity contribution is -0.274. The molecule has 3 rings (SSSR count). The molecule has 0 amide bonds. The van der Waals surface area contributed by atoms with Crippen LogP contribution in [-0.2, 0) is 16.6 Å². The average molecular weight is 428 g/mol. The van der Waals surface area contributed by atoms with Crippen LogP contribution in [0, 0.1) is 5.92 Å². The summed E-state index contributed by atoms with van der Waals surface area (Å²) in [5, 5.41) is 0. The summed E-state index contributed by atoms with van der Waals surface area (Å²) in [4.78, 5) is 2.13. The smallest absolute Gasteiger partial charge is 0.406 e. The molecule has 0 aromatic heterocycles. The molecule has 1 aliphatic rings. The first-order chi connectivity index (χ1) is 13.6. The lowest BCUT2D eigenvalue weighted by Gasteiger charge is -2.33. The zero-order valence-corrected chi connectivity index (χ0v) is 16.8. The molecule has 9 heteroatoms. The van der Waals surface area contributed by atoms with Crippen LogP contribution in [0.25, 0.3) is 0 Å². The Labute approximate surface area is 168 Å². The van der Waals surface area contributed by atoms with Crippen molar-refractivity contribution < 1.29 is 26.3 Å². The maximum Gasteiger partial charge on any atom is 0.573 e. The number of nitrogens with zero attached hydrogens (tertiary/aromatic N) is 1. The minimum absolute atomic E-state index is 0.0887. The summed E-state index contributed by atoms with van der Waals surface area (Å²) in [6, 6.07) is 11.7. The minimum atomic E-state index is -4.82. The summed E-state index contributed by atoms with van der Waals surface area (Å²) in [6.07, 6.45) is -2.65. The van der Waals surface area contributed by atoms with Gasteiger partial charge in [-0.1, -0.05) is 25.1 Å². The molecule has 0 unspecified atom stereocenters. The minimum Gasteiger partial charge on any atom is -0.406 e. The fourth-order valence-electron chi connectivity index (χ4n) is 3.29. The number of anilines is 1. The van der Waals surface area contributed by atoms with E-state index in [1.54, 1.807) is 0 Å². The maximum absolute atomic E-state index is 12.5. The maximum atomic E-state index is 12.5. The molecular weight excluding hydrogens is 405 g/mol. The highest BCUT2D eigenvalue weighted by Crippen LogP contribution is 2.27. The summed E-state index contributed by atoms with van der Waals surface area (Å²) in [7, 11) is -3.88. The van der Waals surface area contributed by atoms with Crippen LogP contribution in [0.4, 0.5) is 18.9 Å². The average Bonchev–Trinajstić information content (AvgIpc) is 2.67. The number of rotatable bonds is 6. The van der Waals surface area contributed by atoms with Crippen LogP contribution in [0.2, 0.25) is 0 Å². The zero-order chi connectivity index (χ0) is 21.1. The van der Waals surface area contributed by atoms with Crippen molar-refractivity contribution in [3.05, 3.63) is 54.1 Å². The number of nitrogens with one attached hydrogen (secondary N) is 1. The van der Waals surface area contributed by atoms with E-state index < -0.39 is 22.1 Å². The molecule has 29 heavy (non-hydrogen) atoms. The highest BCUT2D eigenvalue weighted by molar-refractivity contribution is 7.89. The number of hydrogen-bond donors (Lipinski definition) is 1. The summed E-state index contributed by atoms with van der Waals surface area (Å²) in [5.41, 5.74) is 1.85. The first-order valence-electron chi connectivity index (χ1n) is 9.32. The number of para-hydroxylation sites is 1. The van der Waals surface area contributed by atoms with E-state index in [0.717, 1.165) is 61.4 Å². The fraction of sp³-hybridized carbons (Fsp3) is 0.400. The number of benzene rings is 2. The quantitative estimate of drug-likeness (QED) is 0.745. The van der Waals surface area contributed by atoms with E-state index in [0.29, 0.717) is 5.92 Å². The molecule has 0 atom stereocenters. The molecule has 1 fully saturated rings. The Kier molecular flexibility index (Phi) is 6.38. The Morgan fingerprint density at radius 2 is 1.69 bits per heavy atom. The molecule has 0 radical (unpaired) electrons. The molecule has 1 heterocycles. The van der Waals surface area contributed by atoms with Crippen molar-refractivity contribution >= 4 is 15.7 Å². The normalized spacial score (nSPS) is 16.1. The van der Waals surface area contributed by atoms with Crippen LogP contribution in [0.5, 0.6) is 5.75 Å². The second kappa shape index (κ2) is 8.62. The van der Waals surface area contributed by atoms with Gasteiger partial charge in [-0.3, -0.25) is 0 Å². The van der Waals surface area contributed by atoms with Crippen LogP contribution in [0.3, 0.4) is 0 Å². The third-order valence-electron chi connectivity index (χ3n) is 4.94. The van der Waals surface area contributed by atoms with Gasteiger partial charge in [0, 0.05) is 25.3 Å². The first kappa shape index (κ1) is 21.4. The number of alkyl halides is 3. The Balaban J connectivity index is 1.69. The second-order valence-electron chi connectivity index (χ2n) is 7.14. The number of ether oxygens (including phenoxy) is 1. The van der Waals surface area contributed by atoms with E-state index in [-0.39, 0.29) is 11.4 Å². The standard InChI is InChI=1S/C20H23F3N2O3S/c1-15-10-12-25(13-11-15)19-5-3-2-4-16(19)14-24-29(26,27)18-8-6-17(7-9-18)28-20(21,22)23/h2-9,15,24H,10-14H2,1H3. The van der Waals surface area contributed by atoms with Crippen LogP contribution >= 0.6 is 0 Å². The van der Waals surface area contributed by atoms with Gasteiger partial charge in [-0.2, -0.15) is 0 Å². The summed E-state index contributed by atoms with van der Waals surface area (Å²) in [6.45, 7) is 4.16. The van der Waals surface area contributed by atoms with Gasteiger partial charge in [-0.15, -0.1) is 13.2 Å². The van der Waals surface area contributed by atoms with E-state index in [4.69, 9.17) is 0 Å². The monoisotopic (exact) mass is 428 g/mol. The number of hydrogen-bond acceptors (Lipinski definition) is 4. The molecular formula is C20H23F3N2O3S. The second-order valence-corrected chi connectivity index (χ2v) is 8.91. The molecule has 1 N–H and O–H groups in total. The van der Waals surface area contributed by atoms with Gasteiger partial charge in [0.25, 0.3) is 0 Å². The molecule has 0 saturated carbocycles. The molecule has 158 valence electrons. The third kappa shape index (κ3) is 5.86. The van der Waals surface area contributed by atoms with Gasteiger partial charge >= 0.3 is 6.36 Å². The Bertz CT molecular complexity index is 923. The van der Waals surface area contributed by atoms with E-state index in [1.165, 1.54) is 0 Å². The van der Waals surface area contributed by atoms with Crippen LogP contribution in [-0.4, -0.2) is 27.9 Å². The topological polar surface area (TPSA) is 58.6 Å². The van der Waals surface area contributed by atoms with Gasteiger partial charge in [-0.05, 0) is 54.7 Å². The van der Waals surface area contributed by atoms with Gasteiger partial charge in [0.05, 0.1) is 4.90 Å². The summed E-state index contributed by atoms with van der Waals surface area (Å²) >= 11 is 0. The van der Waals surface area contributed by atoms with E-state index in [9.17, 15) is 21.6 Å². The van der Waals surface area contributed by atoms with Crippen LogP contribution < -0.4 is 14.4 Å². The molecule has 1 saturated heterocycles. The van der Waals surface area contributed by atoms with Gasteiger partial charge in [0.15, 0.2) is 0 Å². The molecule has 0 aliphatic carbocycles. The summed E-state index contributed by atoms with van der Waals surface area (Å²) in [5.74, 6) is 0.210. The lowest BCUT2D eigenvalue weighted by atomic mass is 9.98.